The highest BCUT2D eigenvalue weighted by Gasteiger charge is 2.00. The number of hydrogen-bond acceptors (Lipinski definition) is 4. The summed E-state index contributed by atoms with van der Waals surface area (Å²) in [6.45, 7) is 0. The second-order valence-corrected chi connectivity index (χ2v) is 1.84. The van der Waals surface area contributed by atoms with Gasteiger partial charge in [0.05, 0.1) is 7.11 Å². The molecule has 0 aliphatic heterocycles. The van der Waals surface area contributed by atoms with Gasteiger partial charge in [-0.2, -0.15) is 4.98 Å². The molecule has 0 saturated heterocycles. The molecule has 3 N–H and O–H groups in total. The Morgan fingerprint density at radius 1 is 1.73 bits per heavy atom. The smallest absolute Gasteiger partial charge is 0.216 e. The molecule has 1 heterocycles. The van der Waals surface area contributed by atoms with E-state index in [0.717, 1.165) is 0 Å². The van der Waals surface area contributed by atoms with E-state index in [1.807, 2.05) is 0 Å². The van der Waals surface area contributed by atoms with Crippen LogP contribution in [0.5, 0.6) is 5.88 Å². The monoisotopic (exact) mass is 152 g/mol. The third-order valence-corrected chi connectivity index (χ3v) is 1.08. The predicted molar refractivity (Wildman–Crippen MR) is 39.6 cm³/mol. The molecular formula is C6H8N4O. The van der Waals surface area contributed by atoms with Gasteiger partial charge in [-0.05, 0) is 0 Å². The summed E-state index contributed by atoms with van der Waals surface area (Å²) < 4.78 is 4.80. The lowest BCUT2D eigenvalue weighted by molar-refractivity contribution is 0.396. The lowest BCUT2D eigenvalue weighted by Gasteiger charge is -1.98. The molecule has 0 bridgehead atoms. The van der Waals surface area contributed by atoms with Crippen LogP contribution >= 0.6 is 0 Å². The first-order valence-corrected chi connectivity index (χ1v) is 2.95. The summed E-state index contributed by atoms with van der Waals surface area (Å²) in [5.74, 6) is 0.429. The lowest BCUT2D eigenvalue weighted by atomic mass is 10.5. The minimum atomic E-state index is -0.163. The molecule has 0 aliphatic rings. The molecule has 58 valence electrons. The number of nitrogens with two attached hydrogens (primary N) is 1. The number of rotatable bonds is 2. The molecule has 0 radical (unpaired) electrons. The second-order valence-electron chi connectivity index (χ2n) is 1.84. The molecule has 0 unspecified atom stereocenters. The van der Waals surface area contributed by atoms with Gasteiger partial charge >= 0.3 is 0 Å². The third-order valence-electron chi connectivity index (χ3n) is 1.08. The van der Waals surface area contributed by atoms with Crippen LogP contribution in [-0.2, 0) is 0 Å². The van der Waals surface area contributed by atoms with Crippen molar-refractivity contribution < 1.29 is 4.74 Å². The van der Waals surface area contributed by atoms with E-state index in [4.69, 9.17) is 15.9 Å². The van der Waals surface area contributed by atoms with Crippen molar-refractivity contribution in [3.63, 3.8) is 0 Å². The first kappa shape index (κ1) is 7.46. The number of methoxy groups -OCH3 is 1. The maximum absolute atomic E-state index is 7.00. The Kier molecular flexibility index (Phi) is 2.00. The Morgan fingerprint density at radius 2 is 2.45 bits per heavy atom. The third kappa shape index (κ3) is 1.64. The normalized spacial score (nSPS) is 9.18. The number of hydrogen-bond donors (Lipinski definition) is 2. The van der Waals surface area contributed by atoms with Gasteiger partial charge in [-0.15, -0.1) is 0 Å². The van der Waals surface area contributed by atoms with E-state index in [1.54, 1.807) is 6.07 Å². The van der Waals surface area contributed by atoms with Crippen LogP contribution in [0, 0.1) is 5.41 Å². The van der Waals surface area contributed by atoms with Gasteiger partial charge in [0.25, 0.3) is 0 Å². The minimum absolute atomic E-state index is 0.163. The second kappa shape index (κ2) is 2.96. The van der Waals surface area contributed by atoms with Crippen molar-refractivity contribution in [2.75, 3.05) is 7.11 Å². The SMILES string of the molecule is COc1ccnc(C(=N)N)n1. The van der Waals surface area contributed by atoms with Gasteiger partial charge in [0.15, 0.2) is 11.7 Å². The summed E-state index contributed by atoms with van der Waals surface area (Å²) in [5, 5.41) is 7.00. The molecule has 0 atom stereocenters. The fraction of sp³-hybridized carbons (Fsp3) is 0.167. The highest BCUT2D eigenvalue weighted by Crippen LogP contribution is 2.02. The molecule has 0 fully saturated rings. The van der Waals surface area contributed by atoms with Crippen molar-refractivity contribution in [2.24, 2.45) is 5.73 Å². The van der Waals surface area contributed by atoms with Gasteiger partial charge in [-0.25, -0.2) is 4.98 Å². The van der Waals surface area contributed by atoms with E-state index in [0.29, 0.717) is 5.88 Å². The van der Waals surface area contributed by atoms with Crippen molar-refractivity contribution in [1.82, 2.24) is 9.97 Å². The summed E-state index contributed by atoms with van der Waals surface area (Å²) in [4.78, 5) is 7.55. The highest BCUT2D eigenvalue weighted by molar-refractivity contribution is 5.91. The van der Waals surface area contributed by atoms with Crippen LogP contribution in [0.2, 0.25) is 0 Å². The summed E-state index contributed by atoms with van der Waals surface area (Å²) in [7, 11) is 1.49. The quantitative estimate of drug-likeness (QED) is 0.452. The zero-order chi connectivity index (χ0) is 8.27. The number of amidine groups is 1. The Balaban J connectivity index is 3.01. The number of nitrogens with zero attached hydrogens (tertiary/aromatic N) is 2. The van der Waals surface area contributed by atoms with Crippen LogP contribution in [0.25, 0.3) is 0 Å². The van der Waals surface area contributed by atoms with Crippen molar-refractivity contribution in [1.29, 1.82) is 5.41 Å². The summed E-state index contributed by atoms with van der Waals surface area (Å²) in [6.07, 6.45) is 1.49. The van der Waals surface area contributed by atoms with E-state index in [2.05, 4.69) is 9.97 Å². The Morgan fingerprint density at radius 3 is 3.00 bits per heavy atom. The Bertz CT molecular complexity index is 273. The molecule has 5 heteroatoms. The zero-order valence-electron chi connectivity index (χ0n) is 6.03. The van der Waals surface area contributed by atoms with Gasteiger partial charge in [0.1, 0.15) is 0 Å². The van der Waals surface area contributed by atoms with Crippen LogP contribution in [0.4, 0.5) is 0 Å². The number of ether oxygens (including phenoxy) is 1. The van der Waals surface area contributed by atoms with E-state index >= 15 is 0 Å². The molecule has 1 aromatic rings. The van der Waals surface area contributed by atoms with Gasteiger partial charge < -0.3 is 10.5 Å². The number of nitrogens with one attached hydrogen (secondary N) is 1. The minimum Gasteiger partial charge on any atom is -0.481 e. The van der Waals surface area contributed by atoms with Gasteiger partial charge in [0.2, 0.25) is 5.88 Å². The van der Waals surface area contributed by atoms with E-state index in [9.17, 15) is 0 Å². The molecule has 0 amide bonds. The molecule has 1 rings (SSSR count). The molecule has 0 aliphatic carbocycles. The molecule has 5 nitrogen and oxygen atoms in total. The largest absolute Gasteiger partial charge is 0.481 e. The van der Waals surface area contributed by atoms with Crippen LogP contribution in [0.3, 0.4) is 0 Å². The fourth-order valence-corrected chi connectivity index (χ4v) is 0.586. The van der Waals surface area contributed by atoms with Gasteiger partial charge in [-0.1, -0.05) is 0 Å². The molecule has 11 heavy (non-hydrogen) atoms. The van der Waals surface area contributed by atoms with Crippen molar-refractivity contribution in [3.8, 4) is 5.88 Å². The van der Waals surface area contributed by atoms with Crippen molar-refractivity contribution in [2.45, 2.75) is 0 Å². The average Bonchev–Trinajstić information content (AvgIpc) is 2.05. The van der Waals surface area contributed by atoms with Gasteiger partial charge in [0, 0.05) is 12.3 Å². The molecule has 0 saturated carbocycles. The number of nitrogen functional groups attached to an aromatic ring is 1. The van der Waals surface area contributed by atoms with E-state index < -0.39 is 0 Å². The average molecular weight is 152 g/mol. The van der Waals surface area contributed by atoms with Crippen molar-refractivity contribution >= 4 is 5.84 Å². The molecule has 0 aromatic carbocycles. The lowest BCUT2D eigenvalue weighted by Crippen LogP contribution is -2.15. The predicted octanol–water partition coefficient (Wildman–Crippen LogP) is -0.231. The summed E-state index contributed by atoms with van der Waals surface area (Å²) >= 11 is 0. The molecule has 0 spiro atoms. The van der Waals surface area contributed by atoms with Gasteiger partial charge in [-0.3, -0.25) is 5.41 Å². The fourth-order valence-electron chi connectivity index (χ4n) is 0.586. The summed E-state index contributed by atoms with van der Waals surface area (Å²) in [6, 6.07) is 1.59. The molecular weight excluding hydrogens is 144 g/mol. The first-order chi connectivity index (χ1) is 5.24. The topological polar surface area (TPSA) is 84.9 Å². The molecule has 1 aromatic heterocycles. The summed E-state index contributed by atoms with van der Waals surface area (Å²) in [5.41, 5.74) is 5.14. The zero-order valence-corrected chi connectivity index (χ0v) is 6.03. The van der Waals surface area contributed by atoms with E-state index in [-0.39, 0.29) is 11.7 Å². The maximum Gasteiger partial charge on any atom is 0.216 e. The Labute approximate surface area is 63.7 Å². The van der Waals surface area contributed by atoms with E-state index in [1.165, 1.54) is 13.3 Å². The first-order valence-electron chi connectivity index (χ1n) is 2.95. The van der Waals surface area contributed by atoms with Crippen LogP contribution < -0.4 is 10.5 Å². The van der Waals surface area contributed by atoms with Crippen LogP contribution in [-0.4, -0.2) is 22.9 Å². The Hall–Kier alpha value is -1.65. The van der Waals surface area contributed by atoms with Crippen molar-refractivity contribution in [3.05, 3.63) is 18.1 Å². The number of aromatic nitrogens is 2. The standard InChI is InChI=1S/C6H8N4O/c1-11-4-2-3-9-6(10-4)5(7)8/h2-3H,1H3,(H3,7,8). The van der Waals surface area contributed by atoms with Crippen LogP contribution in [0.15, 0.2) is 12.3 Å². The highest BCUT2D eigenvalue weighted by atomic mass is 16.5. The maximum atomic E-state index is 7.00. The van der Waals surface area contributed by atoms with Crippen LogP contribution in [0.1, 0.15) is 5.82 Å².